The van der Waals surface area contributed by atoms with Gasteiger partial charge in [-0.3, -0.25) is 4.79 Å². The van der Waals surface area contributed by atoms with Gasteiger partial charge in [0, 0.05) is 5.38 Å². The predicted octanol–water partition coefficient (Wildman–Crippen LogP) is 1.26. The second-order valence-corrected chi connectivity index (χ2v) is 4.78. The number of aryl methyl sites for hydroxylation is 2. The summed E-state index contributed by atoms with van der Waals surface area (Å²) in [4.78, 5) is 16.0. The van der Waals surface area contributed by atoms with Crippen LogP contribution in [0.1, 0.15) is 29.0 Å². The van der Waals surface area contributed by atoms with Crippen molar-refractivity contribution in [1.82, 2.24) is 20.6 Å². The molecule has 2 aromatic rings. The summed E-state index contributed by atoms with van der Waals surface area (Å²) in [7, 11) is 0. The molecule has 0 saturated carbocycles. The van der Waals surface area contributed by atoms with Crippen molar-refractivity contribution in [3.63, 3.8) is 0 Å². The molecule has 0 saturated heterocycles. The number of nitrogens with one attached hydrogen (secondary N) is 1. The fourth-order valence-corrected chi connectivity index (χ4v) is 2.21. The molecule has 0 spiro atoms. The summed E-state index contributed by atoms with van der Waals surface area (Å²) in [5.74, 6) is -0.109. The van der Waals surface area contributed by atoms with Crippen LogP contribution >= 0.6 is 11.3 Å². The van der Waals surface area contributed by atoms with Gasteiger partial charge in [-0.15, -0.1) is 11.3 Å². The minimum atomic E-state index is -0.109. The standard InChI is InChI=1S/C11H14N4O2S/c1-3-8-6-18-11(13-8)5-12-10(16)4-9-7(2)14-17-15-9/h6H,3-5H2,1-2H3,(H,12,16). The number of aromatic nitrogens is 3. The predicted molar refractivity (Wildman–Crippen MR) is 66.1 cm³/mol. The van der Waals surface area contributed by atoms with E-state index in [0.717, 1.165) is 17.1 Å². The fourth-order valence-electron chi connectivity index (χ4n) is 1.39. The first kappa shape index (κ1) is 12.7. The number of carbonyl (C=O) groups is 1. The van der Waals surface area contributed by atoms with Crippen molar-refractivity contribution >= 4 is 17.2 Å². The monoisotopic (exact) mass is 266 g/mol. The zero-order valence-electron chi connectivity index (χ0n) is 10.3. The number of carbonyl (C=O) groups excluding carboxylic acids is 1. The van der Waals surface area contributed by atoms with E-state index in [9.17, 15) is 4.79 Å². The first-order chi connectivity index (χ1) is 8.69. The van der Waals surface area contributed by atoms with Gasteiger partial charge in [0.15, 0.2) is 0 Å². The third kappa shape index (κ3) is 3.13. The summed E-state index contributed by atoms with van der Waals surface area (Å²) in [6.45, 7) is 4.26. The van der Waals surface area contributed by atoms with Crippen LogP contribution in [0.5, 0.6) is 0 Å². The second kappa shape index (κ2) is 5.72. The van der Waals surface area contributed by atoms with Crippen molar-refractivity contribution in [3.8, 4) is 0 Å². The van der Waals surface area contributed by atoms with Gasteiger partial charge in [-0.25, -0.2) is 9.61 Å². The van der Waals surface area contributed by atoms with Crippen LogP contribution in [-0.2, 0) is 24.2 Å². The largest absolute Gasteiger partial charge is 0.349 e. The summed E-state index contributed by atoms with van der Waals surface area (Å²) >= 11 is 1.55. The lowest BCUT2D eigenvalue weighted by atomic mass is 10.2. The van der Waals surface area contributed by atoms with Crippen molar-refractivity contribution in [2.75, 3.05) is 0 Å². The molecule has 0 radical (unpaired) electrons. The highest BCUT2D eigenvalue weighted by molar-refractivity contribution is 7.09. The molecule has 0 atom stereocenters. The van der Waals surface area contributed by atoms with E-state index in [0.29, 0.717) is 17.9 Å². The van der Waals surface area contributed by atoms with Crippen LogP contribution in [0, 0.1) is 6.92 Å². The van der Waals surface area contributed by atoms with Gasteiger partial charge < -0.3 is 5.32 Å². The molecule has 0 aliphatic carbocycles. The van der Waals surface area contributed by atoms with Gasteiger partial charge in [-0.2, -0.15) is 0 Å². The SMILES string of the molecule is CCc1csc(CNC(=O)Cc2nonc2C)n1. The maximum Gasteiger partial charge on any atom is 0.226 e. The summed E-state index contributed by atoms with van der Waals surface area (Å²) in [5.41, 5.74) is 2.27. The highest BCUT2D eigenvalue weighted by Crippen LogP contribution is 2.09. The molecule has 2 aromatic heterocycles. The number of amides is 1. The molecule has 1 N–H and O–H groups in total. The molecule has 96 valence electrons. The van der Waals surface area contributed by atoms with Crippen molar-refractivity contribution < 1.29 is 9.42 Å². The highest BCUT2D eigenvalue weighted by atomic mass is 32.1. The Balaban J connectivity index is 1.83. The molecule has 0 aliphatic rings. The number of rotatable bonds is 5. The van der Waals surface area contributed by atoms with Gasteiger partial charge in [0.2, 0.25) is 5.91 Å². The Morgan fingerprint density at radius 2 is 2.33 bits per heavy atom. The van der Waals surface area contributed by atoms with Crippen LogP contribution in [0.4, 0.5) is 0 Å². The molecule has 1 amide bonds. The Bertz CT molecular complexity index is 535. The quantitative estimate of drug-likeness (QED) is 0.881. The van der Waals surface area contributed by atoms with Gasteiger partial charge in [-0.1, -0.05) is 17.2 Å². The van der Waals surface area contributed by atoms with E-state index < -0.39 is 0 Å². The first-order valence-electron chi connectivity index (χ1n) is 5.67. The molecule has 0 fully saturated rings. The van der Waals surface area contributed by atoms with E-state index >= 15 is 0 Å². The maximum absolute atomic E-state index is 11.7. The first-order valence-corrected chi connectivity index (χ1v) is 6.55. The smallest absolute Gasteiger partial charge is 0.226 e. The third-order valence-corrected chi connectivity index (χ3v) is 3.37. The van der Waals surface area contributed by atoms with E-state index in [4.69, 9.17) is 0 Å². The van der Waals surface area contributed by atoms with E-state index in [1.807, 2.05) is 5.38 Å². The van der Waals surface area contributed by atoms with Gasteiger partial charge in [-0.05, 0) is 13.3 Å². The Morgan fingerprint density at radius 3 is 2.94 bits per heavy atom. The average Bonchev–Trinajstić information content (AvgIpc) is 2.97. The van der Waals surface area contributed by atoms with Crippen molar-refractivity contribution in [2.24, 2.45) is 0 Å². The van der Waals surface area contributed by atoms with Crippen LogP contribution < -0.4 is 5.32 Å². The van der Waals surface area contributed by atoms with E-state index in [1.54, 1.807) is 18.3 Å². The van der Waals surface area contributed by atoms with Crippen molar-refractivity contribution in [1.29, 1.82) is 0 Å². The molecular weight excluding hydrogens is 252 g/mol. The summed E-state index contributed by atoms with van der Waals surface area (Å²) in [5, 5.41) is 13.0. The number of hydrogen-bond acceptors (Lipinski definition) is 6. The van der Waals surface area contributed by atoms with E-state index in [-0.39, 0.29) is 12.3 Å². The highest BCUT2D eigenvalue weighted by Gasteiger charge is 2.11. The molecule has 2 rings (SSSR count). The van der Waals surface area contributed by atoms with Crippen LogP contribution in [0.15, 0.2) is 10.0 Å². The molecular formula is C11H14N4O2S. The zero-order valence-corrected chi connectivity index (χ0v) is 11.1. The molecule has 6 nitrogen and oxygen atoms in total. The Hall–Kier alpha value is -1.76. The lowest BCUT2D eigenvalue weighted by Gasteiger charge is -2.00. The van der Waals surface area contributed by atoms with Gasteiger partial charge in [0.05, 0.1) is 18.7 Å². The molecule has 18 heavy (non-hydrogen) atoms. The number of hydrogen-bond donors (Lipinski definition) is 1. The van der Waals surface area contributed by atoms with Crippen LogP contribution in [0.2, 0.25) is 0 Å². The maximum atomic E-state index is 11.7. The van der Waals surface area contributed by atoms with Gasteiger partial charge >= 0.3 is 0 Å². The van der Waals surface area contributed by atoms with Crippen LogP contribution in [0.25, 0.3) is 0 Å². The van der Waals surface area contributed by atoms with Crippen LogP contribution in [-0.4, -0.2) is 21.2 Å². The van der Waals surface area contributed by atoms with Gasteiger partial charge in [0.25, 0.3) is 0 Å². The molecule has 7 heteroatoms. The molecule has 0 aromatic carbocycles. The molecule has 0 aliphatic heterocycles. The second-order valence-electron chi connectivity index (χ2n) is 3.84. The van der Waals surface area contributed by atoms with Gasteiger partial charge in [0.1, 0.15) is 16.4 Å². The Morgan fingerprint density at radius 1 is 1.50 bits per heavy atom. The Labute approximate surface area is 108 Å². The lowest BCUT2D eigenvalue weighted by Crippen LogP contribution is -2.24. The molecule has 0 unspecified atom stereocenters. The Kier molecular flexibility index (Phi) is 4.03. The van der Waals surface area contributed by atoms with Crippen LogP contribution in [0.3, 0.4) is 0 Å². The minimum absolute atomic E-state index is 0.109. The number of thiazole rings is 1. The normalized spacial score (nSPS) is 10.6. The van der Waals surface area contributed by atoms with Crippen molar-refractivity contribution in [2.45, 2.75) is 33.2 Å². The molecule has 2 heterocycles. The number of nitrogens with zero attached hydrogens (tertiary/aromatic N) is 3. The average molecular weight is 266 g/mol. The summed E-state index contributed by atoms with van der Waals surface area (Å²) < 4.78 is 4.54. The zero-order chi connectivity index (χ0) is 13.0. The third-order valence-electron chi connectivity index (χ3n) is 2.47. The molecule has 0 bridgehead atoms. The fraction of sp³-hybridized carbons (Fsp3) is 0.455. The van der Waals surface area contributed by atoms with E-state index in [1.165, 1.54) is 0 Å². The topological polar surface area (TPSA) is 80.9 Å². The lowest BCUT2D eigenvalue weighted by molar-refractivity contribution is -0.120. The summed E-state index contributed by atoms with van der Waals surface area (Å²) in [6, 6.07) is 0. The summed E-state index contributed by atoms with van der Waals surface area (Å²) in [6.07, 6.45) is 1.09. The minimum Gasteiger partial charge on any atom is -0.349 e. The van der Waals surface area contributed by atoms with Crippen molar-refractivity contribution in [3.05, 3.63) is 27.5 Å². The van der Waals surface area contributed by atoms with E-state index in [2.05, 4.69) is 32.2 Å².